The van der Waals surface area contributed by atoms with Crippen LogP contribution in [0.4, 0.5) is 0 Å². The zero-order valence-electron chi connectivity index (χ0n) is 7.32. The van der Waals surface area contributed by atoms with E-state index >= 15 is 0 Å². The number of hydrogen-bond acceptors (Lipinski definition) is 3. The van der Waals surface area contributed by atoms with E-state index in [2.05, 4.69) is 10.3 Å². The molecule has 1 saturated heterocycles. The molecule has 1 aliphatic rings. The lowest BCUT2D eigenvalue weighted by Gasteiger charge is -2.23. The van der Waals surface area contributed by atoms with Crippen molar-refractivity contribution in [2.24, 2.45) is 0 Å². The molecule has 2 N–H and O–H groups in total. The van der Waals surface area contributed by atoms with E-state index in [9.17, 15) is 4.79 Å². The van der Waals surface area contributed by atoms with E-state index in [4.69, 9.17) is 4.74 Å². The van der Waals surface area contributed by atoms with Gasteiger partial charge in [-0.1, -0.05) is 0 Å². The first-order valence-corrected chi connectivity index (χ1v) is 4.41. The average molecular weight is 183 g/mol. The Morgan fingerprint density at radius 1 is 1.69 bits per heavy atom. The molecule has 0 spiro atoms. The summed E-state index contributed by atoms with van der Waals surface area (Å²) in [5, 5.41) is 3.29. The molecule has 1 aliphatic heterocycles. The van der Waals surface area contributed by atoms with E-state index < -0.39 is 0 Å². The summed E-state index contributed by atoms with van der Waals surface area (Å²) >= 11 is 0. The summed E-state index contributed by atoms with van der Waals surface area (Å²) in [6.07, 6.45) is 3.39. The van der Waals surface area contributed by atoms with Crippen LogP contribution in [-0.4, -0.2) is 35.4 Å². The molecule has 0 radical (unpaired) electrons. The van der Waals surface area contributed by atoms with Crippen LogP contribution in [0.1, 0.15) is 0 Å². The molecule has 72 valence electrons. The van der Waals surface area contributed by atoms with Crippen LogP contribution < -0.4 is 11.0 Å². The SMILES string of the molecule is O=c1[nH]ccn1CC1COCCN1. The Labute approximate surface area is 75.7 Å². The summed E-state index contributed by atoms with van der Waals surface area (Å²) in [5.74, 6) is 0. The number of nitrogens with zero attached hydrogens (tertiary/aromatic N) is 1. The van der Waals surface area contributed by atoms with E-state index in [0.29, 0.717) is 13.2 Å². The van der Waals surface area contributed by atoms with Crippen molar-refractivity contribution in [1.82, 2.24) is 14.9 Å². The number of rotatable bonds is 2. The fourth-order valence-electron chi connectivity index (χ4n) is 1.47. The third kappa shape index (κ3) is 1.99. The standard InChI is InChI=1S/C8H13N3O2/c12-8-10-1-3-11(8)5-7-6-13-4-2-9-7/h1,3,7,9H,2,4-6H2,(H,10,12). The monoisotopic (exact) mass is 183 g/mol. The molecule has 1 unspecified atom stereocenters. The Hall–Kier alpha value is -1.07. The van der Waals surface area contributed by atoms with E-state index in [0.717, 1.165) is 13.2 Å². The first-order valence-electron chi connectivity index (χ1n) is 4.41. The first kappa shape index (κ1) is 8.52. The predicted octanol–water partition coefficient (Wildman–Crippen LogP) is -0.835. The zero-order chi connectivity index (χ0) is 9.10. The number of hydrogen-bond donors (Lipinski definition) is 2. The summed E-state index contributed by atoms with van der Waals surface area (Å²) < 4.78 is 6.93. The average Bonchev–Trinajstić information content (AvgIpc) is 2.54. The fraction of sp³-hybridized carbons (Fsp3) is 0.625. The molecule has 5 heteroatoms. The van der Waals surface area contributed by atoms with E-state index in [1.54, 1.807) is 17.0 Å². The molecule has 5 nitrogen and oxygen atoms in total. The summed E-state index contributed by atoms with van der Waals surface area (Å²) in [4.78, 5) is 13.7. The number of morpholine rings is 1. The minimum Gasteiger partial charge on any atom is -0.378 e. The molecule has 0 bridgehead atoms. The Balaban J connectivity index is 1.97. The molecule has 0 saturated carbocycles. The van der Waals surface area contributed by atoms with Gasteiger partial charge < -0.3 is 15.0 Å². The third-order valence-corrected chi connectivity index (χ3v) is 2.14. The normalized spacial score (nSPS) is 23.2. The molecule has 1 aromatic heterocycles. The second kappa shape index (κ2) is 3.76. The van der Waals surface area contributed by atoms with Gasteiger partial charge in [-0.2, -0.15) is 0 Å². The van der Waals surface area contributed by atoms with Crippen molar-refractivity contribution >= 4 is 0 Å². The second-order valence-electron chi connectivity index (χ2n) is 3.14. The minimum atomic E-state index is -0.0626. The van der Waals surface area contributed by atoms with E-state index in [-0.39, 0.29) is 11.7 Å². The van der Waals surface area contributed by atoms with Gasteiger partial charge in [0.2, 0.25) is 0 Å². The summed E-state index contributed by atoms with van der Waals surface area (Å²) in [6.45, 7) is 2.97. The van der Waals surface area contributed by atoms with Crippen molar-refractivity contribution in [3.8, 4) is 0 Å². The number of imidazole rings is 1. The van der Waals surface area contributed by atoms with E-state index in [1.165, 1.54) is 0 Å². The van der Waals surface area contributed by atoms with Crippen molar-refractivity contribution in [3.05, 3.63) is 22.9 Å². The van der Waals surface area contributed by atoms with Crippen LogP contribution >= 0.6 is 0 Å². The topological polar surface area (TPSA) is 59.0 Å². The van der Waals surface area contributed by atoms with Gasteiger partial charge in [0.05, 0.1) is 13.2 Å². The molecule has 0 amide bonds. The van der Waals surface area contributed by atoms with Crippen LogP contribution in [0.25, 0.3) is 0 Å². The molecule has 13 heavy (non-hydrogen) atoms. The summed E-state index contributed by atoms with van der Waals surface area (Å²) in [7, 11) is 0. The predicted molar refractivity (Wildman–Crippen MR) is 47.7 cm³/mol. The Morgan fingerprint density at radius 2 is 2.62 bits per heavy atom. The van der Waals surface area contributed by atoms with Gasteiger partial charge in [-0.25, -0.2) is 4.79 Å². The molecule has 1 aromatic rings. The first-order chi connectivity index (χ1) is 6.36. The summed E-state index contributed by atoms with van der Waals surface area (Å²) in [6, 6.07) is 0.252. The van der Waals surface area contributed by atoms with Gasteiger partial charge in [0.15, 0.2) is 0 Å². The van der Waals surface area contributed by atoms with Gasteiger partial charge >= 0.3 is 5.69 Å². The molecule has 1 atom stereocenters. The van der Waals surface area contributed by atoms with E-state index in [1.807, 2.05) is 0 Å². The zero-order valence-corrected chi connectivity index (χ0v) is 7.32. The number of nitrogens with one attached hydrogen (secondary N) is 2. The van der Waals surface area contributed by atoms with Crippen LogP contribution in [-0.2, 0) is 11.3 Å². The molecule has 1 fully saturated rings. The number of H-pyrrole nitrogens is 1. The summed E-state index contributed by atoms with van der Waals surface area (Å²) in [5.41, 5.74) is -0.0626. The highest BCUT2D eigenvalue weighted by atomic mass is 16.5. The lowest BCUT2D eigenvalue weighted by atomic mass is 10.3. The molecule has 0 aromatic carbocycles. The largest absolute Gasteiger partial charge is 0.378 e. The maximum atomic E-state index is 11.1. The highest BCUT2D eigenvalue weighted by molar-refractivity contribution is 4.80. The van der Waals surface area contributed by atoms with Gasteiger partial charge in [-0.05, 0) is 0 Å². The quantitative estimate of drug-likeness (QED) is 0.629. The van der Waals surface area contributed by atoms with Crippen molar-refractivity contribution in [2.75, 3.05) is 19.8 Å². The van der Waals surface area contributed by atoms with Crippen LogP contribution in [0.15, 0.2) is 17.2 Å². The molecular weight excluding hydrogens is 170 g/mol. The maximum Gasteiger partial charge on any atom is 0.325 e. The van der Waals surface area contributed by atoms with Crippen molar-refractivity contribution in [2.45, 2.75) is 12.6 Å². The molecule has 2 heterocycles. The highest BCUT2D eigenvalue weighted by Gasteiger charge is 2.13. The lowest BCUT2D eigenvalue weighted by molar-refractivity contribution is 0.0711. The van der Waals surface area contributed by atoms with Gasteiger partial charge in [0.1, 0.15) is 0 Å². The smallest absolute Gasteiger partial charge is 0.325 e. The Kier molecular flexibility index (Phi) is 2.47. The number of aromatic nitrogens is 2. The van der Waals surface area contributed by atoms with Crippen molar-refractivity contribution in [3.63, 3.8) is 0 Å². The molecule has 0 aliphatic carbocycles. The minimum absolute atomic E-state index is 0.0626. The van der Waals surface area contributed by atoms with Gasteiger partial charge in [-0.15, -0.1) is 0 Å². The van der Waals surface area contributed by atoms with Gasteiger partial charge in [-0.3, -0.25) is 4.57 Å². The van der Waals surface area contributed by atoms with Crippen LogP contribution in [0.5, 0.6) is 0 Å². The number of ether oxygens (including phenoxy) is 1. The Bertz CT molecular complexity index is 311. The van der Waals surface area contributed by atoms with Crippen molar-refractivity contribution in [1.29, 1.82) is 0 Å². The fourth-order valence-corrected chi connectivity index (χ4v) is 1.47. The third-order valence-electron chi connectivity index (χ3n) is 2.14. The van der Waals surface area contributed by atoms with Crippen LogP contribution in [0, 0.1) is 0 Å². The highest BCUT2D eigenvalue weighted by Crippen LogP contribution is 1.95. The molecule has 2 rings (SSSR count). The lowest BCUT2D eigenvalue weighted by Crippen LogP contribution is -2.44. The maximum absolute atomic E-state index is 11.1. The number of aromatic amines is 1. The van der Waals surface area contributed by atoms with Crippen molar-refractivity contribution < 1.29 is 4.74 Å². The Morgan fingerprint density at radius 3 is 3.23 bits per heavy atom. The van der Waals surface area contributed by atoms with Crippen LogP contribution in [0.2, 0.25) is 0 Å². The van der Waals surface area contributed by atoms with Gasteiger partial charge in [0.25, 0.3) is 0 Å². The second-order valence-corrected chi connectivity index (χ2v) is 3.14. The van der Waals surface area contributed by atoms with Gasteiger partial charge in [0, 0.05) is 31.5 Å². The van der Waals surface area contributed by atoms with Crippen LogP contribution in [0.3, 0.4) is 0 Å². The molecular formula is C8H13N3O2.